The van der Waals surface area contributed by atoms with Crippen LogP contribution < -0.4 is 36.6 Å². The summed E-state index contributed by atoms with van der Waals surface area (Å²) in [5.74, 6) is -3.40. The van der Waals surface area contributed by atoms with Crippen LogP contribution in [0.1, 0.15) is 89.0 Å². The van der Waals surface area contributed by atoms with Gasteiger partial charge in [-0.3, -0.25) is 48.8 Å². The molecule has 1 unspecified atom stereocenters. The lowest BCUT2D eigenvalue weighted by Gasteiger charge is -2.39. The van der Waals surface area contributed by atoms with Crippen LogP contribution in [0.4, 0.5) is 30.2 Å². The minimum atomic E-state index is -6.18. The van der Waals surface area contributed by atoms with E-state index in [2.05, 4.69) is 61.9 Å². The standard InChI is InChI=1S/C69H81ClF3N11O12S3/c1-68(2)25-23-55(46-11-15-49(70)16-12-46)48(40-68)43-81-30-32-82(33-31-81)52-17-13-47(14-18-52)64(87)79-99(93,94)54-19-20-57(60(39-54)98(91,92)69(71,72)73)77-51(45-97-53-7-4-3-5-8-53)24-27-80-28-34-83(35-29-80)62(86)42-75-41-50(74)44-96-38-37-95-36-26-76-58-10-6-9-56-63(58)67(90)84(66(56)89)59-21-22-61(85)78-65(59)88/h3-20,39,41,51,59,75-77H,21-38,40,42-45,74H2,1-2H3,(H,79,87)(H,78,85,88)/b50-41-/t51-,59?/m1/s1. The highest BCUT2D eigenvalue weighted by molar-refractivity contribution is 7.99. The highest BCUT2D eigenvalue weighted by Gasteiger charge is 2.49. The number of alkyl halides is 3. The largest absolute Gasteiger partial charge is 0.501 e. The first-order valence-corrected chi connectivity index (χ1v) is 37.0. The van der Waals surface area contributed by atoms with Crippen molar-refractivity contribution < 1.29 is 68.2 Å². The first-order chi connectivity index (χ1) is 47.2. The van der Waals surface area contributed by atoms with Gasteiger partial charge in [0.2, 0.25) is 17.7 Å². The van der Waals surface area contributed by atoms with Crippen molar-refractivity contribution in [2.45, 2.75) is 84.7 Å². The predicted molar refractivity (Wildman–Crippen MR) is 371 cm³/mol. The number of piperazine rings is 2. The fourth-order valence-electron chi connectivity index (χ4n) is 12.6. The molecule has 0 spiro atoms. The monoisotopic (exact) mass is 1440 g/mol. The van der Waals surface area contributed by atoms with Crippen molar-refractivity contribution in [2.24, 2.45) is 11.1 Å². The molecule has 10 rings (SSSR count). The second-order valence-electron chi connectivity index (χ2n) is 25.6. The number of halogens is 4. The lowest BCUT2D eigenvalue weighted by Crippen LogP contribution is -2.54. The molecule has 4 aliphatic heterocycles. The Labute approximate surface area is 583 Å². The fourth-order valence-corrected chi connectivity index (χ4v) is 15.8. The van der Waals surface area contributed by atoms with Gasteiger partial charge < -0.3 is 41.0 Å². The summed E-state index contributed by atoms with van der Waals surface area (Å²) >= 11 is 7.60. The molecule has 23 nitrogen and oxygen atoms in total. The minimum Gasteiger partial charge on any atom is -0.399 e. The van der Waals surface area contributed by atoms with Crippen molar-refractivity contribution in [1.82, 2.24) is 35.0 Å². The lowest BCUT2D eigenvalue weighted by molar-refractivity contribution is -0.136. The van der Waals surface area contributed by atoms with Crippen LogP contribution >= 0.6 is 23.4 Å². The van der Waals surface area contributed by atoms with Gasteiger partial charge >= 0.3 is 5.51 Å². The van der Waals surface area contributed by atoms with Crippen LogP contribution in [0.2, 0.25) is 5.02 Å². The van der Waals surface area contributed by atoms with Crippen molar-refractivity contribution in [3.63, 3.8) is 0 Å². The predicted octanol–water partition coefficient (Wildman–Crippen LogP) is 7.58. The van der Waals surface area contributed by atoms with E-state index in [0.717, 1.165) is 66.5 Å². The Bertz CT molecular complexity index is 4080. The number of sulfone groups is 1. The zero-order chi connectivity index (χ0) is 70.7. The molecule has 0 saturated carbocycles. The van der Waals surface area contributed by atoms with Gasteiger partial charge in [0.05, 0.1) is 60.4 Å². The molecule has 7 N–H and O–H groups in total. The highest BCUT2D eigenvalue weighted by atomic mass is 35.5. The molecule has 2 atom stereocenters. The van der Waals surface area contributed by atoms with Gasteiger partial charge in [0.15, 0.2) is 0 Å². The number of ether oxygens (including phenoxy) is 2. The summed E-state index contributed by atoms with van der Waals surface area (Å²) in [5.41, 5.74) is 5.76. The van der Waals surface area contributed by atoms with Gasteiger partial charge in [0.25, 0.3) is 37.6 Å². The molecule has 530 valence electrons. The van der Waals surface area contributed by atoms with Crippen molar-refractivity contribution in [2.75, 3.05) is 126 Å². The van der Waals surface area contributed by atoms with E-state index < -0.39 is 82.5 Å². The van der Waals surface area contributed by atoms with E-state index in [9.17, 15) is 58.8 Å². The second-order valence-corrected chi connectivity index (χ2v) is 30.7. The van der Waals surface area contributed by atoms with Gasteiger partial charge in [-0.1, -0.05) is 67.4 Å². The maximum atomic E-state index is 14.5. The number of carbonyl (C=O) groups excluding carboxylic acids is 6. The number of nitrogens with two attached hydrogens (primary N) is 1. The number of nitrogens with zero attached hydrogens (tertiary/aromatic N) is 5. The van der Waals surface area contributed by atoms with Gasteiger partial charge in [0, 0.05) is 123 Å². The van der Waals surface area contributed by atoms with Crippen molar-refractivity contribution in [3.05, 3.63) is 160 Å². The molecule has 5 aromatic carbocycles. The average Bonchev–Trinajstić information content (AvgIpc) is 1.69. The summed E-state index contributed by atoms with van der Waals surface area (Å²) < 4.78 is 111. The molecule has 4 heterocycles. The summed E-state index contributed by atoms with van der Waals surface area (Å²) in [5, 5.41) is 11.9. The molecule has 3 fully saturated rings. The Kier molecular flexibility index (Phi) is 24.2. The SMILES string of the molecule is CC1(C)CCC(c2ccc(Cl)cc2)=C(CN2CCN(c3ccc(C(=O)NS(=O)(=O)c4ccc(N[C@H](CCN5CCN(C(=O)CN/C=C(\N)COCCOCCNc6cccc7c6C(=O)N(C6CCC(=O)NC6=O)C7=O)CC5)CSc5ccccc5)c(S(=O)(=O)C(F)(F)F)c4)cc3)CC2)C1. The second kappa shape index (κ2) is 32.5. The molecule has 99 heavy (non-hydrogen) atoms. The first-order valence-electron chi connectivity index (χ1n) is 32.7. The van der Waals surface area contributed by atoms with Crippen molar-refractivity contribution >= 4 is 101 Å². The molecule has 5 aromatic rings. The third kappa shape index (κ3) is 18.9. The number of nitrogens with one attached hydrogen (secondary N) is 5. The molecule has 0 radical (unpaired) electrons. The van der Waals surface area contributed by atoms with E-state index in [4.69, 9.17) is 26.8 Å². The maximum absolute atomic E-state index is 14.5. The Morgan fingerprint density at radius 3 is 2.22 bits per heavy atom. The van der Waals surface area contributed by atoms with Crippen LogP contribution in [-0.4, -0.2) is 200 Å². The smallest absolute Gasteiger partial charge is 0.399 e. The zero-order valence-corrected chi connectivity index (χ0v) is 58.1. The van der Waals surface area contributed by atoms with Crippen LogP contribution in [0.3, 0.4) is 0 Å². The van der Waals surface area contributed by atoms with Crippen LogP contribution in [0.15, 0.2) is 147 Å². The number of allylic oxidation sites excluding steroid dienone is 1. The molecule has 3 saturated heterocycles. The molecular weight excluding hydrogens is 1360 g/mol. The fraction of sp³-hybridized carbons (Fsp3) is 0.420. The number of thioether (sulfide) groups is 1. The van der Waals surface area contributed by atoms with E-state index in [1.54, 1.807) is 29.2 Å². The Hall–Kier alpha value is -8.03. The van der Waals surface area contributed by atoms with Crippen LogP contribution in [-0.2, 0) is 43.7 Å². The van der Waals surface area contributed by atoms with Crippen molar-refractivity contribution in [3.8, 4) is 0 Å². The van der Waals surface area contributed by atoms with E-state index in [1.165, 1.54) is 52.9 Å². The molecule has 0 aromatic heterocycles. The molecule has 1 aliphatic carbocycles. The summed E-state index contributed by atoms with van der Waals surface area (Å²) in [6.45, 7) is 11.3. The number of fused-ring (bicyclic) bond motifs is 1. The first kappa shape index (κ1) is 73.7. The third-order valence-electron chi connectivity index (χ3n) is 18.0. The minimum absolute atomic E-state index is 0.0112. The van der Waals surface area contributed by atoms with Gasteiger partial charge in [-0.15, -0.1) is 11.8 Å². The Morgan fingerprint density at radius 1 is 0.808 bits per heavy atom. The van der Waals surface area contributed by atoms with Gasteiger partial charge in [-0.05, 0) is 128 Å². The number of sulfonamides is 1. The Morgan fingerprint density at radius 2 is 1.52 bits per heavy atom. The van der Waals surface area contributed by atoms with E-state index in [1.807, 2.05) is 47.2 Å². The molecule has 6 amide bonds. The van der Waals surface area contributed by atoms with Gasteiger partial charge in [0.1, 0.15) is 10.9 Å². The highest BCUT2D eigenvalue weighted by Crippen LogP contribution is 2.43. The van der Waals surface area contributed by atoms with Gasteiger partial charge in [-0.2, -0.15) is 13.2 Å². The number of anilines is 3. The van der Waals surface area contributed by atoms with Crippen LogP contribution in [0, 0.1) is 5.41 Å². The normalized spacial score (nSPS) is 18.5. The number of benzene rings is 5. The Balaban J connectivity index is 0.671. The number of carbonyl (C=O) groups is 6. The number of hydrogen-bond acceptors (Lipinski definition) is 20. The quantitative estimate of drug-likeness (QED) is 0.0153. The van der Waals surface area contributed by atoms with Crippen molar-refractivity contribution in [1.29, 1.82) is 0 Å². The van der Waals surface area contributed by atoms with E-state index in [0.29, 0.717) is 74.7 Å². The summed E-state index contributed by atoms with van der Waals surface area (Å²) in [4.78, 5) is 85.3. The van der Waals surface area contributed by atoms with E-state index in [-0.39, 0.29) is 86.1 Å². The number of imide groups is 2. The van der Waals surface area contributed by atoms with E-state index >= 15 is 0 Å². The number of rotatable bonds is 29. The third-order valence-corrected chi connectivity index (χ3v) is 22.3. The number of piperidine rings is 1. The molecular formula is C69H81ClF3N11O12S3. The van der Waals surface area contributed by atoms with Crippen LogP contribution in [0.25, 0.3) is 5.57 Å². The lowest BCUT2D eigenvalue weighted by atomic mass is 9.73. The van der Waals surface area contributed by atoms with Crippen LogP contribution in [0.5, 0.6) is 0 Å². The summed E-state index contributed by atoms with van der Waals surface area (Å²) in [6.07, 6.45) is 4.90. The summed E-state index contributed by atoms with van der Waals surface area (Å²) in [7, 11) is -11.1. The summed E-state index contributed by atoms with van der Waals surface area (Å²) in [6, 6.07) is 28.9. The molecule has 30 heteroatoms. The average molecular weight is 1450 g/mol. The molecule has 0 bridgehead atoms. The molecule has 5 aliphatic rings. The maximum Gasteiger partial charge on any atom is 0.501 e. The number of amides is 6. The number of hydrogen-bond donors (Lipinski definition) is 6. The van der Waals surface area contributed by atoms with Gasteiger partial charge in [-0.25, -0.2) is 21.6 Å². The zero-order valence-electron chi connectivity index (χ0n) is 54.9. The topological polar surface area (TPSA) is 292 Å².